The van der Waals surface area contributed by atoms with E-state index < -0.39 is 0 Å². The van der Waals surface area contributed by atoms with Gasteiger partial charge in [-0.1, -0.05) is 12.2 Å². The number of nitrogens with one attached hydrogen (secondary N) is 1. The molecule has 2 rings (SSSR count). The molecule has 1 N–H and O–H groups in total. The highest BCUT2D eigenvalue weighted by molar-refractivity contribution is 5.86. The fourth-order valence-corrected chi connectivity index (χ4v) is 2.62. The first kappa shape index (κ1) is 14.1. The lowest BCUT2D eigenvalue weighted by Gasteiger charge is -2.30. The molecule has 0 radical (unpaired) electrons. The summed E-state index contributed by atoms with van der Waals surface area (Å²) >= 11 is 0. The molecule has 5 heteroatoms. The molecule has 1 aliphatic heterocycles. The number of carbonyl (C=O) groups is 2. The second-order valence-electron chi connectivity index (χ2n) is 5.31. The van der Waals surface area contributed by atoms with Gasteiger partial charge in [0.1, 0.15) is 0 Å². The van der Waals surface area contributed by atoms with E-state index in [1.54, 1.807) is 11.9 Å². The van der Waals surface area contributed by atoms with Crippen LogP contribution < -0.4 is 5.32 Å². The van der Waals surface area contributed by atoms with Crippen molar-refractivity contribution < 1.29 is 9.59 Å². The van der Waals surface area contributed by atoms with E-state index in [0.29, 0.717) is 0 Å². The Labute approximate surface area is 114 Å². The molecule has 19 heavy (non-hydrogen) atoms. The molecule has 1 unspecified atom stereocenters. The Bertz CT molecular complexity index is 362. The van der Waals surface area contributed by atoms with Gasteiger partial charge >= 0.3 is 0 Å². The number of carbonyl (C=O) groups excluding carboxylic acids is 2. The average Bonchev–Trinajstić information content (AvgIpc) is 2.48. The van der Waals surface area contributed by atoms with Crippen LogP contribution >= 0.6 is 0 Å². The van der Waals surface area contributed by atoms with Crippen molar-refractivity contribution in [2.45, 2.75) is 19.3 Å². The van der Waals surface area contributed by atoms with E-state index in [9.17, 15) is 9.59 Å². The molecule has 2 amide bonds. The second kappa shape index (κ2) is 6.70. The van der Waals surface area contributed by atoms with Gasteiger partial charge in [-0.3, -0.25) is 9.59 Å². The SMILES string of the molecule is CN(CC(=O)N1CCNCC1)C(=O)C1CC=CCC1. The van der Waals surface area contributed by atoms with E-state index in [1.807, 2.05) is 4.90 Å². The van der Waals surface area contributed by atoms with Crippen LogP contribution in [0.5, 0.6) is 0 Å². The Morgan fingerprint density at radius 3 is 2.68 bits per heavy atom. The Balaban J connectivity index is 1.82. The third kappa shape index (κ3) is 3.80. The molecule has 1 fully saturated rings. The number of hydrogen-bond acceptors (Lipinski definition) is 3. The quantitative estimate of drug-likeness (QED) is 0.743. The fourth-order valence-electron chi connectivity index (χ4n) is 2.62. The van der Waals surface area contributed by atoms with Crippen molar-refractivity contribution in [1.29, 1.82) is 0 Å². The molecule has 1 atom stereocenters. The molecule has 1 heterocycles. The maximum absolute atomic E-state index is 12.2. The van der Waals surface area contributed by atoms with Crippen LogP contribution in [0.2, 0.25) is 0 Å². The summed E-state index contributed by atoms with van der Waals surface area (Å²) in [6.45, 7) is 3.38. The number of rotatable bonds is 3. The first-order valence-corrected chi connectivity index (χ1v) is 7.07. The minimum atomic E-state index is 0.0590. The first-order chi connectivity index (χ1) is 9.18. The lowest BCUT2D eigenvalue weighted by Crippen LogP contribution is -2.50. The fraction of sp³-hybridized carbons (Fsp3) is 0.714. The van der Waals surface area contributed by atoms with Crippen molar-refractivity contribution in [3.63, 3.8) is 0 Å². The smallest absolute Gasteiger partial charge is 0.242 e. The summed E-state index contributed by atoms with van der Waals surface area (Å²) in [7, 11) is 1.74. The number of likely N-dealkylation sites (N-methyl/N-ethyl adjacent to an activating group) is 1. The lowest BCUT2D eigenvalue weighted by molar-refractivity contribution is -0.142. The molecule has 1 aliphatic carbocycles. The Hall–Kier alpha value is -1.36. The monoisotopic (exact) mass is 265 g/mol. The summed E-state index contributed by atoms with van der Waals surface area (Å²) in [6, 6.07) is 0. The van der Waals surface area contributed by atoms with E-state index in [1.165, 1.54) is 0 Å². The molecule has 106 valence electrons. The molecular weight excluding hydrogens is 242 g/mol. The van der Waals surface area contributed by atoms with Crippen LogP contribution in [-0.4, -0.2) is 61.4 Å². The third-order valence-electron chi connectivity index (χ3n) is 3.84. The van der Waals surface area contributed by atoms with Gasteiger partial charge in [0, 0.05) is 39.1 Å². The van der Waals surface area contributed by atoms with Gasteiger partial charge in [0.25, 0.3) is 0 Å². The zero-order valence-electron chi connectivity index (χ0n) is 11.6. The van der Waals surface area contributed by atoms with E-state index in [4.69, 9.17) is 0 Å². The van der Waals surface area contributed by atoms with E-state index >= 15 is 0 Å². The highest BCUT2D eigenvalue weighted by Crippen LogP contribution is 2.20. The van der Waals surface area contributed by atoms with Gasteiger partial charge in [-0.2, -0.15) is 0 Å². The first-order valence-electron chi connectivity index (χ1n) is 7.07. The molecule has 1 saturated heterocycles. The molecule has 0 aromatic rings. The molecule has 0 bridgehead atoms. The number of piperazine rings is 1. The maximum Gasteiger partial charge on any atom is 0.242 e. The summed E-state index contributed by atoms with van der Waals surface area (Å²) in [5.41, 5.74) is 0. The zero-order valence-corrected chi connectivity index (χ0v) is 11.6. The van der Waals surface area contributed by atoms with Crippen LogP contribution in [-0.2, 0) is 9.59 Å². The average molecular weight is 265 g/mol. The van der Waals surface area contributed by atoms with Gasteiger partial charge in [0.15, 0.2) is 0 Å². The third-order valence-corrected chi connectivity index (χ3v) is 3.84. The van der Waals surface area contributed by atoms with Crippen LogP contribution in [0.15, 0.2) is 12.2 Å². The predicted molar refractivity (Wildman–Crippen MR) is 73.6 cm³/mol. The minimum absolute atomic E-state index is 0.0590. The van der Waals surface area contributed by atoms with Gasteiger partial charge < -0.3 is 15.1 Å². The summed E-state index contributed by atoms with van der Waals surface area (Å²) < 4.78 is 0. The van der Waals surface area contributed by atoms with E-state index in [-0.39, 0.29) is 24.3 Å². The molecule has 0 aromatic heterocycles. The number of allylic oxidation sites excluding steroid dienone is 2. The van der Waals surface area contributed by atoms with Crippen LogP contribution in [0.4, 0.5) is 0 Å². The van der Waals surface area contributed by atoms with Crippen LogP contribution in [0.3, 0.4) is 0 Å². The van der Waals surface area contributed by atoms with Gasteiger partial charge in [-0.25, -0.2) is 0 Å². The molecule has 5 nitrogen and oxygen atoms in total. The predicted octanol–water partition coefficient (Wildman–Crippen LogP) is 0.233. The van der Waals surface area contributed by atoms with Crippen molar-refractivity contribution in [3.05, 3.63) is 12.2 Å². The largest absolute Gasteiger partial charge is 0.339 e. The zero-order chi connectivity index (χ0) is 13.7. The van der Waals surface area contributed by atoms with Crippen LogP contribution in [0, 0.1) is 5.92 Å². The minimum Gasteiger partial charge on any atom is -0.339 e. The molecule has 0 saturated carbocycles. The highest BCUT2D eigenvalue weighted by atomic mass is 16.2. The lowest BCUT2D eigenvalue weighted by atomic mass is 9.93. The summed E-state index contributed by atoms with van der Waals surface area (Å²) in [6.07, 6.45) is 6.87. The Morgan fingerprint density at radius 1 is 1.32 bits per heavy atom. The maximum atomic E-state index is 12.2. The van der Waals surface area contributed by atoms with Crippen molar-refractivity contribution in [2.75, 3.05) is 39.8 Å². The van der Waals surface area contributed by atoms with Gasteiger partial charge in [-0.05, 0) is 19.3 Å². The second-order valence-corrected chi connectivity index (χ2v) is 5.31. The molecular formula is C14H23N3O2. The number of hydrogen-bond donors (Lipinski definition) is 1. The topological polar surface area (TPSA) is 52.7 Å². The highest BCUT2D eigenvalue weighted by Gasteiger charge is 2.25. The summed E-state index contributed by atoms with van der Waals surface area (Å²) in [4.78, 5) is 27.7. The summed E-state index contributed by atoms with van der Waals surface area (Å²) in [5.74, 6) is 0.224. The standard InChI is InChI=1S/C14H23N3O2/c1-16(14(19)12-5-3-2-4-6-12)11-13(18)17-9-7-15-8-10-17/h2-3,12,15H,4-11H2,1H3. The van der Waals surface area contributed by atoms with Crippen LogP contribution in [0.1, 0.15) is 19.3 Å². The molecule has 0 aromatic carbocycles. The van der Waals surface area contributed by atoms with Crippen molar-refractivity contribution >= 4 is 11.8 Å². The molecule has 2 aliphatic rings. The van der Waals surface area contributed by atoms with E-state index in [0.717, 1.165) is 45.4 Å². The summed E-state index contributed by atoms with van der Waals surface area (Å²) in [5, 5.41) is 3.22. The van der Waals surface area contributed by atoms with Crippen molar-refractivity contribution in [3.8, 4) is 0 Å². The van der Waals surface area contributed by atoms with Crippen molar-refractivity contribution in [1.82, 2.24) is 15.1 Å². The van der Waals surface area contributed by atoms with Crippen molar-refractivity contribution in [2.24, 2.45) is 5.92 Å². The number of amides is 2. The normalized spacial score (nSPS) is 23.2. The van der Waals surface area contributed by atoms with E-state index in [2.05, 4.69) is 17.5 Å². The Morgan fingerprint density at radius 2 is 2.05 bits per heavy atom. The molecule has 0 spiro atoms. The van der Waals surface area contributed by atoms with Crippen LogP contribution in [0.25, 0.3) is 0 Å². The van der Waals surface area contributed by atoms with Gasteiger partial charge in [-0.15, -0.1) is 0 Å². The Kier molecular flexibility index (Phi) is 4.96. The van der Waals surface area contributed by atoms with Gasteiger partial charge in [0.2, 0.25) is 11.8 Å². The van der Waals surface area contributed by atoms with Gasteiger partial charge in [0.05, 0.1) is 6.54 Å². The number of nitrogens with zero attached hydrogens (tertiary/aromatic N) is 2.